The molecule has 3 saturated heterocycles. The summed E-state index contributed by atoms with van der Waals surface area (Å²) in [4.78, 5) is 52.9. The molecule has 0 radical (unpaired) electrons. The molecule has 0 unspecified atom stereocenters. The third-order valence-electron chi connectivity index (χ3n) is 12.5. The fraction of sp³-hybridized carbons (Fsp3) is 0.512. The molecule has 3 aromatic heterocycles. The monoisotopic (exact) mass is 793 g/mol. The molecule has 1 aromatic carbocycles. The third-order valence-corrected chi connectivity index (χ3v) is 12.8. The summed E-state index contributed by atoms with van der Waals surface area (Å²) in [6.45, 7) is 13.4. The minimum Gasteiger partial charge on any atom is -0.489 e. The van der Waals surface area contributed by atoms with Crippen molar-refractivity contribution in [3.63, 3.8) is 0 Å². The summed E-state index contributed by atoms with van der Waals surface area (Å²) in [5.41, 5.74) is 0.714. The molecule has 4 fully saturated rings. The number of likely N-dealkylation sites (tertiary alicyclic amines) is 1. The lowest BCUT2D eigenvalue weighted by Crippen LogP contribution is -2.74. The van der Waals surface area contributed by atoms with Gasteiger partial charge in [0.05, 0.1) is 16.0 Å². The number of imide groups is 1. The van der Waals surface area contributed by atoms with Crippen molar-refractivity contribution in [1.29, 1.82) is 5.26 Å². The van der Waals surface area contributed by atoms with Gasteiger partial charge in [-0.3, -0.25) is 19.8 Å². The summed E-state index contributed by atoms with van der Waals surface area (Å²) in [5, 5.41) is 24.8. The number of piperidine rings is 2. The van der Waals surface area contributed by atoms with Crippen molar-refractivity contribution in [2.24, 2.45) is 16.7 Å². The Morgan fingerprint density at radius 1 is 0.982 bits per heavy atom. The SMILES string of the molecule is CC1(C)[C@H](NC(=O)c2ccc(N3CCC(CN4CCC(n5ccc6c(N7CCC(=O)NC7=O)ncnc65)CC4)CC3)nn2)C(C)(C)[C@H]1Oc1ccc(C#N)c(Cl)c1. The average Bonchev–Trinajstić information content (AvgIpc) is 3.64. The first-order valence-corrected chi connectivity index (χ1v) is 20.1. The molecule has 3 aliphatic heterocycles. The van der Waals surface area contributed by atoms with Crippen LogP contribution in [0.3, 0.4) is 0 Å². The number of hydrogen-bond donors (Lipinski definition) is 2. The first kappa shape index (κ1) is 38.5. The Balaban J connectivity index is 0.800. The van der Waals surface area contributed by atoms with Gasteiger partial charge in [-0.15, -0.1) is 10.2 Å². The van der Waals surface area contributed by atoms with E-state index in [4.69, 9.17) is 16.3 Å². The van der Waals surface area contributed by atoms with Crippen LogP contribution in [0.15, 0.2) is 48.9 Å². The lowest BCUT2D eigenvalue weighted by molar-refractivity contribution is -0.164. The number of nitrogens with zero attached hydrogens (tertiary/aromatic N) is 9. The van der Waals surface area contributed by atoms with Gasteiger partial charge in [0.25, 0.3) is 5.91 Å². The average molecular weight is 794 g/mol. The Bertz CT molecular complexity index is 2200. The Morgan fingerprint density at radius 2 is 1.74 bits per heavy atom. The molecular weight excluding hydrogens is 746 g/mol. The number of hydrogen-bond acceptors (Lipinski definition) is 11. The molecule has 1 aliphatic carbocycles. The van der Waals surface area contributed by atoms with E-state index in [1.165, 1.54) is 11.2 Å². The van der Waals surface area contributed by atoms with Crippen LogP contribution in [0.4, 0.5) is 16.4 Å². The predicted molar refractivity (Wildman–Crippen MR) is 214 cm³/mol. The smallest absolute Gasteiger partial charge is 0.329 e. The van der Waals surface area contributed by atoms with Gasteiger partial charge in [-0.2, -0.15) is 5.26 Å². The molecule has 0 bridgehead atoms. The van der Waals surface area contributed by atoms with Crippen molar-refractivity contribution in [1.82, 2.24) is 40.3 Å². The zero-order valence-electron chi connectivity index (χ0n) is 32.7. The van der Waals surface area contributed by atoms with Crippen LogP contribution >= 0.6 is 11.6 Å². The molecule has 4 amide bonds. The number of halogens is 1. The van der Waals surface area contributed by atoms with Crippen LogP contribution in [0.2, 0.25) is 5.02 Å². The maximum Gasteiger partial charge on any atom is 0.329 e. The highest BCUT2D eigenvalue weighted by Crippen LogP contribution is 2.55. The van der Waals surface area contributed by atoms with E-state index in [0.29, 0.717) is 40.7 Å². The fourth-order valence-corrected chi connectivity index (χ4v) is 9.95. The number of fused-ring (bicyclic) bond motifs is 1. The zero-order valence-corrected chi connectivity index (χ0v) is 33.5. The molecule has 4 aromatic rings. The van der Waals surface area contributed by atoms with Crippen LogP contribution < -0.4 is 25.2 Å². The standard InChI is InChI=1S/C41H48ClN11O4/c1-40(2)37(41(3,4)38(40)57-28-6-5-26(22-43)30(42)21-28)47-36(55)31-7-8-32(49-48-31)51-17-9-25(10-18-51)23-50-15-11-27(12-16-50)52-19-13-29-34(52)44-24-45-35(29)53-20-14-33(54)46-39(53)56/h5-8,13,19,21,24-25,27,37-38H,9-12,14-18,20,23H2,1-4H3,(H,47,55)(H,46,54,56)/t37-,38-. The predicted octanol–water partition coefficient (Wildman–Crippen LogP) is 5.36. The fourth-order valence-electron chi connectivity index (χ4n) is 9.74. The highest BCUT2D eigenvalue weighted by molar-refractivity contribution is 6.31. The summed E-state index contributed by atoms with van der Waals surface area (Å²) >= 11 is 6.24. The van der Waals surface area contributed by atoms with E-state index in [0.717, 1.165) is 75.3 Å². The van der Waals surface area contributed by atoms with E-state index in [1.54, 1.807) is 24.3 Å². The number of ether oxygens (including phenoxy) is 1. The topological polar surface area (TPSA) is 174 Å². The first-order valence-electron chi connectivity index (χ1n) is 19.7. The Kier molecular flexibility index (Phi) is 10.3. The normalized spacial score (nSPS) is 22.8. The van der Waals surface area contributed by atoms with Gasteiger partial charge in [-0.25, -0.2) is 14.8 Å². The maximum absolute atomic E-state index is 13.4. The maximum atomic E-state index is 13.4. The highest BCUT2D eigenvalue weighted by Gasteiger charge is 2.64. The first-order chi connectivity index (χ1) is 27.3. The van der Waals surface area contributed by atoms with E-state index in [2.05, 4.69) is 78.9 Å². The third kappa shape index (κ3) is 7.36. The number of amides is 4. The molecule has 0 atom stereocenters. The number of anilines is 2. The molecular formula is C41H48ClN11O4. The minimum absolute atomic E-state index is 0.176. The molecule has 0 spiro atoms. The number of benzene rings is 1. The number of nitrogens with one attached hydrogen (secondary N) is 2. The van der Waals surface area contributed by atoms with Gasteiger partial charge >= 0.3 is 6.03 Å². The summed E-state index contributed by atoms with van der Waals surface area (Å²) in [5.74, 6) is 1.96. The van der Waals surface area contributed by atoms with Crippen LogP contribution in [0, 0.1) is 28.1 Å². The molecule has 1 saturated carbocycles. The Hall–Kier alpha value is -5.33. The second kappa shape index (κ2) is 15.2. The number of aromatic nitrogens is 5. The number of carbonyl (C=O) groups excluding carboxylic acids is 3. The molecule has 16 heteroatoms. The van der Waals surface area contributed by atoms with Crippen molar-refractivity contribution in [2.75, 3.05) is 49.1 Å². The van der Waals surface area contributed by atoms with Crippen LogP contribution in [-0.4, -0.2) is 98.9 Å². The largest absolute Gasteiger partial charge is 0.489 e. The zero-order chi connectivity index (χ0) is 40.1. The number of urea groups is 1. The number of carbonyl (C=O) groups is 3. The van der Waals surface area contributed by atoms with Gasteiger partial charge in [0.15, 0.2) is 11.5 Å². The van der Waals surface area contributed by atoms with E-state index in [-0.39, 0.29) is 46.9 Å². The molecule has 2 N–H and O–H groups in total. The van der Waals surface area contributed by atoms with Crippen molar-refractivity contribution in [3.8, 4) is 11.8 Å². The summed E-state index contributed by atoms with van der Waals surface area (Å²) in [6.07, 6.45) is 7.73. The van der Waals surface area contributed by atoms with Gasteiger partial charge in [-0.05, 0) is 61.9 Å². The molecule has 8 rings (SSSR count). The lowest BCUT2D eigenvalue weighted by Gasteiger charge is -2.63. The summed E-state index contributed by atoms with van der Waals surface area (Å²) < 4.78 is 8.58. The van der Waals surface area contributed by atoms with Gasteiger partial charge < -0.3 is 24.4 Å². The van der Waals surface area contributed by atoms with Crippen LogP contribution in [-0.2, 0) is 4.79 Å². The van der Waals surface area contributed by atoms with Crippen molar-refractivity contribution >= 4 is 52.1 Å². The van der Waals surface area contributed by atoms with Gasteiger partial charge in [-0.1, -0.05) is 39.3 Å². The van der Waals surface area contributed by atoms with Crippen LogP contribution in [0.5, 0.6) is 5.75 Å². The number of rotatable bonds is 9. The second-order valence-corrected chi connectivity index (χ2v) is 17.4. The minimum atomic E-state index is -0.447. The van der Waals surface area contributed by atoms with Crippen LogP contribution in [0.1, 0.15) is 81.9 Å². The van der Waals surface area contributed by atoms with Crippen molar-refractivity contribution in [2.45, 2.75) is 78.0 Å². The molecule has 298 valence electrons. The lowest BCUT2D eigenvalue weighted by atomic mass is 9.49. The van der Waals surface area contributed by atoms with Crippen molar-refractivity contribution < 1.29 is 19.1 Å². The van der Waals surface area contributed by atoms with E-state index >= 15 is 0 Å². The summed E-state index contributed by atoms with van der Waals surface area (Å²) in [7, 11) is 0. The highest BCUT2D eigenvalue weighted by atomic mass is 35.5. The van der Waals surface area contributed by atoms with Gasteiger partial charge in [0, 0.05) is 80.9 Å². The summed E-state index contributed by atoms with van der Waals surface area (Å²) in [6, 6.07) is 12.4. The van der Waals surface area contributed by atoms with E-state index in [9.17, 15) is 19.6 Å². The van der Waals surface area contributed by atoms with Gasteiger partial charge in [0.1, 0.15) is 35.7 Å². The molecule has 15 nitrogen and oxygen atoms in total. The molecule has 6 heterocycles. The van der Waals surface area contributed by atoms with Crippen LogP contribution in [0.25, 0.3) is 11.0 Å². The Morgan fingerprint density at radius 3 is 2.40 bits per heavy atom. The van der Waals surface area contributed by atoms with Gasteiger partial charge in [0.2, 0.25) is 5.91 Å². The quantitative estimate of drug-likeness (QED) is 0.223. The van der Waals surface area contributed by atoms with E-state index < -0.39 is 6.03 Å². The molecule has 4 aliphatic rings. The van der Waals surface area contributed by atoms with Crippen molar-refractivity contribution in [3.05, 3.63) is 65.2 Å². The molecule has 57 heavy (non-hydrogen) atoms. The number of nitriles is 1. The van der Waals surface area contributed by atoms with E-state index in [1.807, 2.05) is 18.3 Å². The Labute approximate surface area is 336 Å². The second-order valence-electron chi connectivity index (χ2n) is 17.0.